The smallest absolute Gasteiger partial charge is 0.0703 e. The number of aliphatic hydroxyl groups is 1. The van der Waals surface area contributed by atoms with Gasteiger partial charge in [0.25, 0.3) is 0 Å². The third kappa shape index (κ3) is 3.01. The van der Waals surface area contributed by atoms with Gasteiger partial charge in [-0.05, 0) is 18.8 Å². The van der Waals surface area contributed by atoms with Crippen LogP contribution in [0.25, 0.3) is 0 Å². The molecule has 0 spiro atoms. The van der Waals surface area contributed by atoms with Gasteiger partial charge in [0.1, 0.15) is 0 Å². The zero-order chi connectivity index (χ0) is 10.6. The molecule has 1 rings (SSSR count). The second-order valence-corrected chi connectivity index (χ2v) is 4.54. The van der Waals surface area contributed by atoms with Crippen LogP contribution in [-0.4, -0.2) is 23.4 Å². The van der Waals surface area contributed by atoms with E-state index in [0.717, 1.165) is 12.8 Å². The van der Waals surface area contributed by atoms with Gasteiger partial charge in [0.2, 0.25) is 0 Å². The maximum Gasteiger partial charge on any atom is 0.0703 e. The lowest BCUT2D eigenvalue weighted by atomic mass is 9.83. The summed E-state index contributed by atoms with van der Waals surface area (Å²) in [7, 11) is 0. The first-order valence-corrected chi connectivity index (χ1v) is 5.35. The van der Waals surface area contributed by atoms with Crippen LogP contribution in [0.3, 0.4) is 0 Å². The first-order chi connectivity index (χ1) is 6.57. The van der Waals surface area contributed by atoms with Crippen LogP contribution >= 0.6 is 0 Å². The van der Waals surface area contributed by atoms with E-state index in [-0.39, 0.29) is 6.10 Å². The molecule has 1 fully saturated rings. The molecule has 0 aromatic rings. The van der Waals surface area contributed by atoms with Gasteiger partial charge in [-0.1, -0.05) is 13.8 Å². The van der Waals surface area contributed by atoms with E-state index in [1.165, 1.54) is 0 Å². The molecular weight excluding hydrogens is 176 g/mol. The topological polar surface area (TPSA) is 29.5 Å². The fourth-order valence-corrected chi connectivity index (χ4v) is 1.90. The van der Waals surface area contributed by atoms with Crippen LogP contribution in [0.2, 0.25) is 0 Å². The molecule has 1 saturated heterocycles. The van der Waals surface area contributed by atoms with Crippen molar-refractivity contribution in [2.24, 2.45) is 5.92 Å². The average Bonchev–Trinajstić information content (AvgIpc) is 2.15. The molecule has 0 aliphatic carbocycles. The molecule has 1 aliphatic rings. The Morgan fingerprint density at radius 2 is 2.36 bits per heavy atom. The third-order valence-corrected chi connectivity index (χ3v) is 2.96. The van der Waals surface area contributed by atoms with Gasteiger partial charge >= 0.3 is 0 Å². The quantitative estimate of drug-likeness (QED) is 0.699. The lowest BCUT2D eigenvalue weighted by molar-refractivity contribution is -0.119. The van der Waals surface area contributed by atoms with Crippen molar-refractivity contribution in [2.45, 2.75) is 51.2 Å². The van der Waals surface area contributed by atoms with Crippen molar-refractivity contribution in [3.63, 3.8) is 0 Å². The maximum absolute atomic E-state index is 10.2. The third-order valence-electron chi connectivity index (χ3n) is 2.96. The first-order valence-electron chi connectivity index (χ1n) is 5.35. The highest BCUT2D eigenvalue weighted by molar-refractivity contribution is 4.92. The minimum atomic E-state index is -0.584. The summed E-state index contributed by atoms with van der Waals surface area (Å²) in [5, 5.41) is 10.2. The standard InChI is InChI=1S/C12H20O2/c1-4-5-6-12(13)7-8-14-11(9-12)10(2)3/h1,10-11,13H,5-9H2,2-3H3. The van der Waals surface area contributed by atoms with Crippen molar-refractivity contribution < 1.29 is 9.84 Å². The van der Waals surface area contributed by atoms with Crippen molar-refractivity contribution in [1.82, 2.24) is 0 Å². The van der Waals surface area contributed by atoms with Crippen LogP contribution in [0.1, 0.15) is 39.5 Å². The molecule has 1 N–H and O–H groups in total. The van der Waals surface area contributed by atoms with Gasteiger partial charge in [-0.2, -0.15) is 0 Å². The zero-order valence-corrected chi connectivity index (χ0v) is 9.12. The van der Waals surface area contributed by atoms with Gasteiger partial charge in [-0.3, -0.25) is 0 Å². The summed E-state index contributed by atoms with van der Waals surface area (Å²) in [6.45, 7) is 4.90. The Morgan fingerprint density at radius 3 is 2.93 bits per heavy atom. The van der Waals surface area contributed by atoms with Gasteiger partial charge in [0.15, 0.2) is 0 Å². The molecule has 80 valence electrons. The molecule has 1 heterocycles. The summed E-state index contributed by atoms with van der Waals surface area (Å²) in [6.07, 6.45) is 8.20. The SMILES string of the molecule is C#CCCC1(O)CCOC(C(C)C)C1. The predicted molar refractivity (Wildman–Crippen MR) is 56.8 cm³/mol. The molecular formula is C12H20O2. The van der Waals surface area contributed by atoms with E-state index < -0.39 is 5.60 Å². The minimum Gasteiger partial charge on any atom is -0.390 e. The Kier molecular flexibility index (Phi) is 3.97. The van der Waals surface area contributed by atoms with Gasteiger partial charge < -0.3 is 9.84 Å². The molecule has 0 amide bonds. The highest BCUT2D eigenvalue weighted by Crippen LogP contribution is 2.31. The molecule has 2 heteroatoms. The Bertz CT molecular complexity index is 217. The predicted octanol–water partition coefficient (Wildman–Crippen LogP) is 1.97. The fraction of sp³-hybridized carbons (Fsp3) is 0.833. The van der Waals surface area contributed by atoms with Crippen molar-refractivity contribution in [3.8, 4) is 12.3 Å². The van der Waals surface area contributed by atoms with Crippen LogP contribution in [0.5, 0.6) is 0 Å². The number of hydrogen-bond donors (Lipinski definition) is 1. The van der Waals surface area contributed by atoms with Crippen LogP contribution in [0, 0.1) is 18.3 Å². The Morgan fingerprint density at radius 1 is 1.64 bits per heavy atom. The molecule has 2 nitrogen and oxygen atoms in total. The van der Waals surface area contributed by atoms with Crippen LogP contribution < -0.4 is 0 Å². The van der Waals surface area contributed by atoms with Crippen LogP contribution in [0.15, 0.2) is 0 Å². The van der Waals surface area contributed by atoms with E-state index in [1.807, 2.05) is 0 Å². The molecule has 0 aromatic heterocycles. The normalized spacial score (nSPS) is 32.9. The minimum absolute atomic E-state index is 0.187. The lowest BCUT2D eigenvalue weighted by Crippen LogP contribution is -2.42. The van der Waals surface area contributed by atoms with Crippen LogP contribution in [-0.2, 0) is 4.74 Å². The van der Waals surface area contributed by atoms with Crippen LogP contribution in [0.4, 0.5) is 0 Å². The summed E-state index contributed by atoms with van der Waals surface area (Å²) in [5.74, 6) is 3.05. The summed E-state index contributed by atoms with van der Waals surface area (Å²) >= 11 is 0. The van der Waals surface area contributed by atoms with E-state index in [0.29, 0.717) is 25.4 Å². The lowest BCUT2D eigenvalue weighted by Gasteiger charge is -2.38. The molecule has 0 bridgehead atoms. The number of rotatable bonds is 3. The Balaban J connectivity index is 2.49. The summed E-state index contributed by atoms with van der Waals surface area (Å²) in [6, 6.07) is 0. The molecule has 2 unspecified atom stereocenters. The number of ether oxygens (including phenoxy) is 1. The largest absolute Gasteiger partial charge is 0.390 e. The molecule has 1 aliphatic heterocycles. The van der Waals surface area contributed by atoms with Gasteiger partial charge in [0.05, 0.1) is 11.7 Å². The highest BCUT2D eigenvalue weighted by atomic mass is 16.5. The van der Waals surface area contributed by atoms with Crippen molar-refractivity contribution in [3.05, 3.63) is 0 Å². The molecule has 14 heavy (non-hydrogen) atoms. The summed E-state index contributed by atoms with van der Waals surface area (Å²) < 4.78 is 5.60. The van der Waals surface area contributed by atoms with Crippen molar-refractivity contribution in [2.75, 3.05) is 6.61 Å². The van der Waals surface area contributed by atoms with E-state index >= 15 is 0 Å². The van der Waals surface area contributed by atoms with Gasteiger partial charge in [-0.15, -0.1) is 12.3 Å². The van der Waals surface area contributed by atoms with E-state index in [2.05, 4.69) is 19.8 Å². The van der Waals surface area contributed by atoms with E-state index in [9.17, 15) is 5.11 Å². The second kappa shape index (κ2) is 4.82. The second-order valence-electron chi connectivity index (χ2n) is 4.54. The van der Waals surface area contributed by atoms with Gasteiger partial charge in [-0.25, -0.2) is 0 Å². The molecule has 0 saturated carbocycles. The molecule has 0 radical (unpaired) electrons. The van der Waals surface area contributed by atoms with Gasteiger partial charge in [0, 0.05) is 19.4 Å². The highest BCUT2D eigenvalue weighted by Gasteiger charge is 2.35. The van der Waals surface area contributed by atoms with E-state index in [1.54, 1.807) is 0 Å². The fourth-order valence-electron chi connectivity index (χ4n) is 1.90. The van der Waals surface area contributed by atoms with E-state index in [4.69, 9.17) is 11.2 Å². The molecule has 0 aromatic carbocycles. The van der Waals surface area contributed by atoms with Crippen molar-refractivity contribution >= 4 is 0 Å². The Labute approximate surface area is 86.7 Å². The van der Waals surface area contributed by atoms with Crippen molar-refractivity contribution in [1.29, 1.82) is 0 Å². The zero-order valence-electron chi connectivity index (χ0n) is 9.12. The average molecular weight is 196 g/mol. The number of terminal acetylenes is 1. The number of hydrogen-bond acceptors (Lipinski definition) is 2. The summed E-state index contributed by atoms with van der Waals surface area (Å²) in [4.78, 5) is 0. The first kappa shape index (κ1) is 11.6. The summed E-state index contributed by atoms with van der Waals surface area (Å²) in [5.41, 5.74) is -0.584. The maximum atomic E-state index is 10.2. The monoisotopic (exact) mass is 196 g/mol. The molecule has 2 atom stereocenters. The Hall–Kier alpha value is -0.520.